The van der Waals surface area contributed by atoms with Crippen LogP contribution >= 0.6 is 11.6 Å². The second-order valence-corrected chi connectivity index (χ2v) is 7.42. The molecule has 1 aromatic heterocycles. The summed E-state index contributed by atoms with van der Waals surface area (Å²) < 4.78 is 1.87. The molecule has 0 amide bonds. The zero-order chi connectivity index (χ0) is 18.3. The molecule has 0 aliphatic heterocycles. The summed E-state index contributed by atoms with van der Waals surface area (Å²) >= 11 is 6.02. The summed E-state index contributed by atoms with van der Waals surface area (Å²) in [5.74, 6) is 1.08. The van der Waals surface area contributed by atoms with Crippen molar-refractivity contribution in [3.05, 3.63) is 70.4 Å². The predicted molar refractivity (Wildman–Crippen MR) is 105 cm³/mol. The van der Waals surface area contributed by atoms with Gasteiger partial charge in [0.1, 0.15) is 0 Å². The summed E-state index contributed by atoms with van der Waals surface area (Å²) in [6, 6.07) is 15.6. The molecule has 1 aliphatic carbocycles. The zero-order valence-corrected chi connectivity index (χ0v) is 15.5. The van der Waals surface area contributed by atoms with Gasteiger partial charge >= 0.3 is 0 Å². The first kappa shape index (κ1) is 16.9. The van der Waals surface area contributed by atoms with Gasteiger partial charge in [0.2, 0.25) is 0 Å². The number of rotatable bonds is 3. The van der Waals surface area contributed by atoms with E-state index in [0.29, 0.717) is 28.7 Å². The number of benzene rings is 2. The average molecular weight is 366 g/mol. The molecule has 26 heavy (non-hydrogen) atoms. The first-order valence-corrected chi connectivity index (χ1v) is 9.14. The summed E-state index contributed by atoms with van der Waals surface area (Å²) in [5.41, 5.74) is 4.69. The van der Waals surface area contributed by atoms with Crippen LogP contribution < -0.4 is 5.32 Å². The average Bonchev–Trinajstić information content (AvgIpc) is 2.96. The standard InChI is InChI=1S/C21H20ClN3O/c1-13-3-7-16(8-4-13)23-21-20-18(11-14(2)12-19(20)26)25(24-21)17-9-5-15(22)6-10-17/h3-10,14H,11-12H2,1-2H3,(H,23,24). The molecule has 0 bridgehead atoms. The second-order valence-electron chi connectivity index (χ2n) is 6.99. The van der Waals surface area contributed by atoms with Gasteiger partial charge in [0, 0.05) is 17.1 Å². The van der Waals surface area contributed by atoms with Crippen molar-refractivity contribution in [2.45, 2.75) is 26.7 Å². The van der Waals surface area contributed by atoms with E-state index in [-0.39, 0.29) is 5.78 Å². The molecular formula is C21H20ClN3O. The molecule has 3 aromatic rings. The molecule has 0 saturated heterocycles. The highest BCUT2D eigenvalue weighted by atomic mass is 35.5. The molecule has 0 fully saturated rings. The van der Waals surface area contributed by atoms with Crippen LogP contribution in [0.25, 0.3) is 5.69 Å². The van der Waals surface area contributed by atoms with E-state index in [1.807, 2.05) is 60.1 Å². The third-order valence-corrected chi connectivity index (χ3v) is 4.97. The van der Waals surface area contributed by atoms with Crippen LogP contribution in [-0.2, 0) is 6.42 Å². The fraction of sp³-hybridized carbons (Fsp3) is 0.238. The van der Waals surface area contributed by atoms with Gasteiger partial charge in [-0.05, 0) is 55.7 Å². The summed E-state index contributed by atoms with van der Waals surface area (Å²) in [6.07, 6.45) is 1.38. The fourth-order valence-corrected chi connectivity index (χ4v) is 3.54. The molecule has 1 aliphatic rings. The lowest BCUT2D eigenvalue weighted by atomic mass is 9.87. The van der Waals surface area contributed by atoms with Crippen molar-refractivity contribution in [3.8, 4) is 5.69 Å². The van der Waals surface area contributed by atoms with Crippen molar-refractivity contribution < 1.29 is 4.79 Å². The van der Waals surface area contributed by atoms with Gasteiger partial charge in [0.25, 0.3) is 0 Å². The minimum atomic E-state index is 0.147. The number of hydrogen-bond acceptors (Lipinski definition) is 3. The quantitative estimate of drug-likeness (QED) is 0.681. The van der Waals surface area contributed by atoms with Crippen molar-refractivity contribution in [3.63, 3.8) is 0 Å². The summed E-state index contributed by atoms with van der Waals surface area (Å²) in [4.78, 5) is 12.7. The summed E-state index contributed by atoms with van der Waals surface area (Å²) in [5, 5.41) is 8.74. The van der Waals surface area contributed by atoms with Crippen molar-refractivity contribution >= 4 is 28.9 Å². The van der Waals surface area contributed by atoms with Gasteiger partial charge in [0.05, 0.1) is 16.9 Å². The molecule has 0 saturated carbocycles. The number of carbonyl (C=O) groups is 1. The van der Waals surface area contributed by atoms with Gasteiger partial charge in [-0.2, -0.15) is 0 Å². The Labute approximate surface area is 157 Å². The Hall–Kier alpha value is -2.59. The topological polar surface area (TPSA) is 46.9 Å². The number of nitrogens with zero attached hydrogens (tertiary/aromatic N) is 2. The molecule has 1 heterocycles. The Morgan fingerprint density at radius 2 is 1.77 bits per heavy atom. The minimum Gasteiger partial charge on any atom is -0.338 e. The van der Waals surface area contributed by atoms with Crippen molar-refractivity contribution in [2.24, 2.45) is 5.92 Å². The molecule has 1 atom stereocenters. The predicted octanol–water partition coefficient (Wildman–Crippen LogP) is 5.34. The second kappa shape index (κ2) is 6.61. The van der Waals surface area contributed by atoms with Crippen LogP contribution in [0.3, 0.4) is 0 Å². The lowest BCUT2D eigenvalue weighted by Crippen LogP contribution is -2.19. The Balaban J connectivity index is 1.81. The van der Waals surface area contributed by atoms with Gasteiger partial charge in [0.15, 0.2) is 11.6 Å². The molecule has 1 unspecified atom stereocenters. The molecular weight excluding hydrogens is 346 g/mol. The maximum absolute atomic E-state index is 12.7. The summed E-state index contributed by atoms with van der Waals surface area (Å²) in [7, 11) is 0. The van der Waals surface area contributed by atoms with Crippen LogP contribution in [0.4, 0.5) is 11.5 Å². The van der Waals surface area contributed by atoms with E-state index in [1.54, 1.807) is 0 Å². The number of hydrogen-bond donors (Lipinski definition) is 1. The van der Waals surface area contributed by atoms with Crippen LogP contribution in [0, 0.1) is 12.8 Å². The molecule has 0 radical (unpaired) electrons. The molecule has 4 rings (SSSR count). The van der Waals surface area contributed by atoms with Crippen molar-refractivity contribution in [1.29, 1.82) is 0 Å². The Kier molecular flexibility index (Phi) is 4.29. The molecule has 132 valence electrons. The third kappa shape index (κ3) is 3.13. The van der Waals surface area contributed by atoms with E-state index in [0.717, 1.165) is 23.5 Å². The maximum atomic E-state index is 12.7. The number of anilines is 2. The highest BCUT2D eigenvalue weighted by molar-refractivity contribution is 6.30. The molecule has 4 nitrogen and oxygen atoms in total. The number of ketones is 1. The van der Waals surface area contributed by atoms with Gasteiger partial charge in [-0.3, -0.25) is 4.79 Å². The highest BCUT2D eigenvalue weighted by Crippen LogP contribution is 2.34. The van der Waals surface area contributed by atoms with Gasteiger partial charge < -0.3 is 5.32 Å². The zero-order valence-electron chi connectivity index (χ0n) is 14.8. The van der Waals surface area contributed by atoms with E-state index in [1.165, 1.54) is 5.56 Å². The monoisotopic (exact) mass is 365 g/mol. The Bertz CT molecular complexity index is 958. The van der Waals surface area contributed by atoms with E-state index in [9.17, 15) is 4.79 Å². The van der Waals surface area contributed by atoms with Crippen LogP contribution in [-0.4, -0.2) is 15.6 Å². The van der Waals surface area contributed by atoms with Crippen molar-refractivity contribution in [2.75, 3.05) is 5.32 Å². The number of fused-ring (bicyclic) bond motifs is 1. The van der Waals surface area contributed by atoms with E-state index in [4.69, 9.17) is 16.7 Å². The van der Waals surface area contributed by atoms with Crippen LogP contribution in [0.5, 0.6) is 0 Å². The largest absolute Gasteiger partial charge is 0.338 e. The molecule has 2 aromatic carbocycles. The third-order valence-electron chi connectivity index (χ3n) is 4.72. The van der Waals surface area contributed by atoms with Gasteiger partial charge in [-0.15, -0.1) is 5.10 Å². The van der Waals surface area contributed by atoms with Gasteiger partial charge in [-0.1, -0.05) is 36.2 Å². The molecule has 5 heteroatoms. The van der Waals surface area contributed by atoms with E-state index < -0.39 is 0 Å². The maximum Gasteiger partial charge on any atom is 0.168 e. The number of Topliss-reactive ketones (excluding diaryl/α,β-unsaturated/α-hetero) is 1. The van der Waals surface area contributed by atoms with Crippen LogP contribution in [0.15, 0.2) is 48.5 Å². The smallest absolute Gasteiger partial charge is 0.168 e. The number of carbonyl (C=O) groups excluding carboxylic acids is 1. The highest BCUT2D eigenvalue weighted by Gasteiger charge is 2.31. The normalized spacial score (nSPS) is 16.4. The Morgan fingerprint density at radius 3 is 2.46 bits per heavy atom. The van der Waals surface area contributed by atoms with Crippen LogP contribution in [0.1, 0.15) is 35.0 Å². The number of nitrogens with one attached hydrogen (secondary N) is 1. The Morgan fingerprint density at radius 1 is 1.08 bits per heavy atom. The molecule has 0 spiro atoms. The molecule has 1 N–H and O–H groups in total. The van der Waals surface area contributed by atoms with Gasteiger partial charge in [-0.25, -0.2) is 4.68 Å². The van der Waals surface area contributed by atoms with Crippen molar-refractivity contribution in [1.82, 2.24) is 9.78 Å². The lowest BCUT2D eigenvalue weighted by molar-refractivity contribution is 0.0953. The summed E-state index contributed by atoms with van der Waals surface area (Å²) in [6.45, 7) is 4.15. The SMILES string of the molecule is Cc1ccc(Nc2nn(-c3ccc(Cl)cc3)c3c2C(=O)CC(C)C3)cc1. The van der Waals surface area contributed by atoms with E-state index in [2.05, 4.69) is 12.2 Å². The number of aryl methyl sites for hydroxylation is 1. The van der Waals surface area contributed by atoms with E-state index >= 15 is 0 Å². The first-order valence-electron chi connectivity index (χ1n) is 8.76. The number of aromatic nitrogens is 2. The first-order chi connectivity index (χ1) is 12.5. The minimum absolute atomic E-state index is 0.147. The van der Waals surface area contributed by atoms with Crippen LogP contribution in [0.2, 0.25) is 5.02 Å². The fourth-order valence-electron chi connectivity index (χ4n) is 3.41. The lowest BCUT2D eigenvalue weighted by Gasteiger charge is -2.19. The number of halogens is 1.